The molecule has 0 aliphatic carbocycles. The van der Waals surface area contributed by atoms with Crippen LogP contribution in [0.15, 0.2) is 109 Å². The van der Waals surface area contributed by atoms with Gasteiger partial charge in [0.05, 0.1) is 35.3 Å². The Balaban J connectivity index is 1.69. The Kier molecular flexibility index (Phi) is 7.82. The zero-order valence-electron chi connectivity index (χ0n) is 18.9. The van der Waals surface area contributed by atoms with Gasteiger partial charge in [-0.05, 0) is 46.5 Å². The maximum absolute atomic E-state index is 9.26. The number of benzene rings is 4. The van der Waals surface area contributed by atoms with Gasteiger partial charge in [0.25, 0.3) is 0 Å². The first kappa shape index (κ1) is 23.0. The normalized spacial score (nSPS) is 12.3. The summed E-state index contributed by atoms with van der Waals surface area (Å²) in [5, 5.41) is 26.0. The van der Waals surface area contributed by atoms with Gasteiger partial charge in [-0.15, -0.1) is 0 Å². The van der Waals surface area contributed by atoms with Crippen LogP contribution < -0.4 is 10.6 Å². The van der Waals surface area contributed by atoms with E-state index >= 15 is 0 Å². The summed E-state index contributed by atoms with van der Waals surface area (Å²) in [7, 11) is 0. The molecule has 0 aliphatic heterocycles. The lowest BCUT2D eigenvalue weighted by Gasteiger charge is -2.30. The third kappa shape index (κ3) is 5.97. The fourth-order valence-corrected chi connectivity index (χ4v) is 4.03. The minimum Gasteiger partial charge on any atom is -0.304 e. The average molecular weight is 443 g/mol. The summed E-state index contributed by atoms with van der Waals surface area (Å²) in [5.74, 6) is 0. The van der Waals surface area contributed by atoms with Crippen LogP contribution in [-0.4, -0.2) is 0 Å². The lowest BCUT2D eigenvalue weighted by atomic mass is 9.91. The summed E-state index contributed by atoms with van der Waals surface area (Å²) in [5.41, 5.74) is 5.84. The maximum atomic E-state index is 9.26. The Hall–Kier alpha value is -4.22. The smallest absolute Gasteiger partial charge is 0.0991 e. The highest BCUT2D eigenvalue weighted by Gasteiger charge is 2.24. The second-order valence-corrected chi connectivity index (χ2v) is 8.16. The van der Waals surface area contributed by atoms with Gasteiger partial charge in [-0.3, -0.25) is 0 Å². The summed E-state index contributed by atoms with van der Waals surface area (Å²) in [6.45, 7) is 1.40. The highest BCUT2D eigenvalue weighted by Crippen LogP contribution is 2.30. The van der Waals surface area contributed by atoms with Gasteiger partial charge in [-0.1, -0.05) is 84.9 Å². The zero-order chi connectivity index (χ0) is 23.6. The second-order valence-electron chi connectivity index (χ2n) is 8.16. The molecule has 0 fully saturated rings. The van der Waals surface area contributed by atoms with Crippen LogP contribution in [-0.2, 0) is 13.1 Å². The first-order valence-electron chi connectivity index (χ1n) is 11.3. The van der Waals surface area contributed by atoms with Crippen molar-refractivity contribution in [3.63, 3.8) is 0 Å². The van der Waals surface area contributed by atoms with Crippen LogP contribution in [0.1, 0.15) is 45.5 Å². The molecule has 4 heteroatoms. The van der Waals surface area contributed by atoms with Crippen molar-refractivity contribution in [1.82, 2.24) is 10.6 Å². The number of hydrogen-bond donors (Lipinski definition) is 2. The van der Waals surface area contributed by atoms with E-state index in [0.717, 1.165) is 11.1 Å². The minimum atomic E-state index is -0.0652. The molecule has 4 rings (SSSR count). The lowest BCUT2D eigenvalue weighted by molar-refractivity contribution is 0.381. The Labute approximate surface area is 201 Å². The van der Waals surface area contributed by atoms with Crippen molar-refractivity contribution < 1.29 is 0 Å². The van der Waals surface area contributed by atoms with Gasteiger partial charge in [0.15, 0.2) is 0 Å². The van der Waals surface area contributed by atoms with Crippen molar-refractivity contribution in [2.75, 3.05) is 0 Å². The van der Waals surface area contributed by atoms with Gasteiger partial charge in [-0.2, -0.15) is 10.5 Å². The number of rotatable bonds is 9. The maximum Gasteiger partial charge on any atom is 0.0991 e. The van der Waals surface area contributed by atoms with E-state index in [-0.39, 0.29) is 12.1 Å². The summed E-state index contributed by atoms with van der Waals surface area (Å²) >= 11 is 0. The minimum absolute atomic E-state index is 0.0652. The standard InChI is InChI=1S/C30H26N4/c31-19-23-11-15-27(16-12-23)29(33-21-25-7-3-1-4-8-25)30(28-17-13-24(20-32)14-18-28)34-22-26-9-5-2-6-10-26/h1-18,29-30,33-34H,21-22H2. The summed E-state index contributed by atoms with van der Waals surface area (Å²) < 4.78 is 0. The molecule has 4 nitrogen and oxygen atoms in total. The molecule has 0 heterocycles. The highest BCUT2D eigenvalue weighted by atomic mass is 15.0. The first-order valence-corrected chi connectivity index (χ1v) is 11.3. The van der Waals surface area contributed by atoms with E-state index in [1.807, 2.05) is 84.9 Å². The number of nitrogens with one attached hydrogen (secondary N) is 2. The van der Waals surface area contributed by atoms with Crippen LogP contribution in [0.25, 0.3) is 0 Å². The topological polar surface area (TPSA) is 71.6 Å². The molecule has 0 spiro atoms. The number of nitriles is 2. The third-order valence-electron chi connectivity index (χ3n) is 5.87. The van der Waals surface area contributed by atoms with E-state index < -0.39 is 0 Å². The molecular formula is C30H26N4. The van der Waals surface area contributed by atoms with Gasteiger partial charge in [0, 0.05) is 13.1 Å². The molecule has 2 N–H and O–H groups in total. The molecule has 2 atom stereocenters. The molecule has 0 aromatic heterocycles. The molecule has 0 saturated carbocycles. The Morgan fingerprint density at radius 2 is 0.853 bits per heavy atom. The Bertz CT molecular complexity index is 1150. The molecule has 34 heavy (non-hydrogen) atoms. The largest absolute Gasteiger partial charge is 0.304 e. The van der Waals surface area contributed by atoms with Crippen molar-refractivity contribution in [3.05, 3.63) is 143 Å². The van der Waals surface area contributed by atoms with E-state index in [4.69, 9.17) is 0 Å². The van der Waals surface area contributed by atoms with Gasteiger partial charge in [-0.25, -0.2) is 0 Å². The summed E-state index contributed by atoms with van der Waals surface area (Å²) in [6, 6.07) is 40.4. The molecule has 4 aromatic carbocycles. The fourth-order valence-electron chi connectivity index (χ4n) is 4.03. The van der Waals surface area contributed by atoms with E-state index in [2.05, 4.69) is 47.0 Å². The molecule has 0 aliphatic rings. The highest BCUT2D eigenvalue weighted by molar-refractivity contribution is 5.37. The van der Waals surface area contributed by atoms with Crippen LogP contribution >= 0.6 is 0 Å². The summed E-state index contributed by atoms with van der Waals surface area (Å²) in [4.78, 5) is 0. The molecule has 0 saturated heterocycles. The predicted molar refractivity (Wildman–Crippen MR) is 134 cm³/mol. The molecule has 0 bridgehead atoms. The van der Waals surface area contributed by atoms with E-state index in [9.17, 15) is 10.5 Å². The van der Waals surface area contributed by atoms with Crippen molar-refractivity contribution in [2.45, 2.75) is 25.2 Å². The van der Waals surface area contributed by atoms with Gasteiger partial charge in [0.1, 0.15) is 0 Å². The molecule has 0 amide bonds. The quantitative estimate of drug-likeness (QED) is 0.344. The van der Waals surface area contributed by atoms with Crippen LogP contribution in [0.2, 0.25) is 0 Å². The third-order valence-corrected chi connectivity index (χ3v) is 5.87. The monoisotopic (exact) mass is 442 g/mol. The number of nitrogens with zero attached hydrogens (tertiary/aromatic N) is 2. The molecule has 4 aromatic rings. The van der Waals surface area contributed by atoms with E-state index in [1.165, 1.54) is 11.1 Å². The van der Waals surface area contributed by atoms with Gasteiger partial charge in [0.2, 0.25) is 0 Å². The predicted octanol–water partition coefficient (Wildman–Crippen LogP) is 5.79. The molecule has 166 valence electrons. The summed E-state index contributed by atoms with van der Waals surface area (Å²) in [6.07, 6.45) is 0. The van der Waals surface area contributed by atoms with E-state index in [0.29, 0.717) is 24.2 Å². The Morgan fingerprint density at radius 3 is 1.18 bits per heavy atom. The first-order chi connectivity index (χ1) is 16.8. The molecule has 2 unspecified atom stereocenters. The average Bonchev–Trinajstić information content (AvgIpc) is 2.92. The van der Waals surface area contributed by atoms with Crippen molar-refractivity contribution in [1.29, 1.82) is 10.5 Å². The molecular weight excluding hydrogens is 416 g/mol. The van der Waals surface area contributed by atoms with E-state index in [1.54, 1.807) is 0 Å². The van der Waals surface area contributed by atoms with Gasteiger partial charge < -0.3 is 10.6 Å². The van der Waals surface area contributed by atoms with Gasteiger partial charge >= 0.3 is 0 Å². The van der Waals surface area contributed by atoms with Crippen LogP contribution in [0.5, 0.6) is 0 Å². The SMILES string of the molecule is N#Cc1ccc(C(NCc2ccccc2)C(NCc2ccccc2)c2ccc(C#N)cc2)cc1. The lowest BCUT2D eigenvalue weighted by Crippen LogP contribution is -2.35. The second kappa shape index (κ2) is 11.6. The van der Waals surface area contributed by atoms with Crippen LogP contribution in [0.3, 0.4) is 0 Å². The zero-order valence-corrected chi connectivity index (χ0v) is 18.9. The van der Waals surface area contributed by atoms with Crippen LogP contribution in [0, 0.1) is 22.7 Å². The molecule has 0 radical (unpaired) electrons. The van der Waals surface area contributed by atoms with Crippen molar-refractivity contribution in [3.8, 4) is 12.1 Å². The van der Waals surface area contributed by atoms with Crippen LogP contribution in [0.4, 0.5) is 0 Å². The Morgan fingerprint density at radius 1 is 0.500 bits per heavy atom. The van der Waals surface area contributed by atoms with Crippen molar-refractivity contribution >= 4 is 0 Å². The number of hydrogen-bond acceptors (Lipinski definition) is 4. The fraction of sp³-hybridized carbons (Fsp3) is 0.133. The van der Waals surface area contributed by atoms with Crippen molar-refractivity contribution in [2.24, 2.45) is 0 Å².